The largest absolute Gasteiger partial charge is 0.494 e. The third-order valence-corrected chi connectivity index (χ3v) is 23.4. The molecule has 0 unspecified atom stereocenters. The van der Waals surface area contributed by atoms with Gasteiger partial charge < -0.3 is 13.9 Å². The lowest BCUT2D eigenvalue weighted by Crippen LogP contribution is -2.60. The molecule has 3 nitrogen and oxygen atoms in total. The molecule has 0 aliphatic heterocycles. The second-order valence-corrected chi connectivity index (χ2v) is 28.0. The lowest BCUT2D eigenvalue weighted by molar-refractivity contribution is -0.396. The Morgan fingerprint density at radius 3 is 1.69 bits per heavy atom. The summed E-state index contributed by atoms with van der Waals surface area (Å²) in [4.78, 5) is 0. The maximum atomic E-state index is 14.8. The second-order valence-electron chi connectivity index (χ2n) is 12.1. The zero-order valence-corrected chi connectivity index (χ0v) is 27.5. The van der Waals surface area contributed by atoms with Crippen molar-refractivity contribution >= 4 is 15.4 Å². The fourth-order valence-corrected chi connectivity index (χ4v) is 6.42. The van der Waals surface area contributed by atoms with Crippen molar-refractivity contribution < 1.29 is 62.2 Å². The SMILES string of the molecule is C[Si](C)(C)[Si](C)(C)OCCCCOc1ccc(-c2ccc(OCCCCC(F)(F)C(F)(F)C(F)(F)C(F)(F)F)c(F)c2F)cc1. The van der Waals surface area contributed by atoms with Gasteiger partial charge in [0, 0.05) is 18.6 Å². The molecule has 0 radical (unpaired) electrons. The lowest BCUT2D eigenvalue weighted by Gasteiger charge is -2.34. The molecule has 0 heterocycles. The first kappa shape index (κ1) is 38.8. The molecule has 0 bridgehead atoms. The van der Waals surface area contributed by atoms with E-state index in [2.05, 4.69) is 32.7 Å². The van der Waals surface area contributed by atoms with Crippen LogP contribution in [0, 0.1) is 11.6 Å². The molecule has 0 fully saturated rings. The van der Waals surface area contributed by atoms with Crippen molar-refractivity contribution in [2.24, 2.45) is 0 Å². The molecule has 0 N–H and O–H groups in total. The van der Waals surface area contributed by atoms with Gasteiger partial charge in [-0.05, 0) is 68.6 Å². The predicted octanol–water partition coefficient (Wildman–Crippen LogP) is 10.4. The van der Waals surface area contributed by atoms with E-state index >= 15 is 0 Å². The molecular weight excluding hydrogens is 661 g/mol. The Morgan fingerprint density at radius 2 is 1.13 bits per heavy atom. The predicted molar refractivity (Wildman–Crippen MR) is 154 cm³/mol. The standard InChI is InChI=1S/C29H37F11O3Si2/c1-44(2,3)45(4,5)43-19-9-8-17-41-21-12-10-20(11-13-21)22-14-15-23(25(31)24(22)30)42-18-7-6-16-26(32,33)27(34,35)28(36,37)29(38,39)40/h10-15H,6-9,16-19H2,1-5H3. The Kier molecular flexibility index (Phi) is 12.6. The number of hydrogen-bond donors (Lipinski definition) is 0. The van der Waals surface area contributed by atoms with Crippen molar-refractivity contribution in [3.05, 3.63) is 48.0 Å². The summed E-state index contributed by atoms with van der Waals surface area (Å²) in [7, 11) is -3.02. The summed E-state index contributed by atoms with van der Waals surface area (Å²) in [6.07, 6.45) is -8.85. The van der Waals surface area contributed by atoms with Gasteiger partial charge in [0.15, 0.2) is 19.4 Å². The molecule has 0 saturated heterocycles. The van der Waals surface area contributed by atoms with Crippen LogP contribution in [0.25, 0.3) is 11.1 Å². The summed E-state index contributed by atoms with van der Waals surface area (Å²) in [6, 6.07) is 8.41. The van der Waals surface area contributed by atoms with E-state index in [0.29, 0.717) is 24.5 Å². The lowest BCUT2D eigenvalue weighted by atomic mass is 9.99. The van der Waals surface area contributed by atoms with Crippen molar-refractivity contribution in [1.82, 2.24) is 0 Å². The highest BCUT2D eigenvalue weighted by Gasteiger charge is 2.81. The van der Waals surface area contributed by atoms with Crippen LogP contribution in [0.1, 0.15) is 32.1 Å². The van der Waals surface area contributed by atoms with Crippen molar-refractivity contribution in [2.45, 2.75) is 88.8 Å². The molecule has 2 aromatic carbocycles. The van der Waals surface area contributed by atoms with Crippen LogP contribution >= 0.6 is 0 Å². The van der Waals surface area contributed by atoms with Crippen molar-refractivity contribution in [1.29, 1.82) is 0 Å². The minimum atomic E-state index is -6.96. The first-order valence-corrected chi connectivity index (χ1v) is 21.6. The minimum absolute atomic E-state index is 0.134. The average molecular weight is 699 g/mol. The van der Waals surface area contributed by atoms with Crippen molar-refractivity contribution in [2.75, 3.05) is 19.8 Å². The van der Waals surface area contributed by atoms with E-state index < -0.39 is 82.6 Å². The monoisotopic (exact) mass is 698 g/mol. The number of alkyl halides is 9. The Bertz CT molecular complexity index is 1250. The number of ether oxygens (including phenoxy) is 2. The van der Waals surface area contributed by atoms with E-state index in [0.717, 1.165) is 18.9 Å². The van der Waals surface area contributed by atoms with Crippen molar-refractivity contribution in [3.63, 3.8) is 0 Å². The van der Waals surface area contributed by atoms with Crippen LogP contribution in [0.3, 0.4) is 0 Å². The number of benzene rings is 2. The topological polar surface area (TPSA) is 27.7 Å². The summed E-state index contributed by atoms with van der Waals surface area (Å²) < 4.78 is 163. The molecular formula is C29H37F11O3Si2. The average Bonchev–Trinajstić information content (AvgIpc) is 2.91. The maximum absolute atomic E-state index is 14.8. The first-order valence-electron chi connectivity index (χ1n) is 14.1. The summed E-state index contributed by atoms with van der Waals surface area (Å²) >= 11 is 0. The van der Waals surface area contributed by atoms with Gasteiger partial charge in [0.1, 0.15) is 5.75 Å². The highest BCUT2D eigenvalue weighted by molar-refractivity contribution is 7.37. The van der Waals surface area contributed by atoms with Crippen LogP contribution in [-0.2, 0) is 4.43 Å². The zero-order valence-electron chi connectivity index (χ0n) is 25.5. The third-order valence-electron chi connectivity index (χ3n) is 7.64. The fourth-order valence-electron chi connectivity index (χ4n) is 3.73. The number of rotatable bonds is 17. The molecule has 16 heteroatoms. The fraction of sp³-hybridized carbons (Fsp3) is 0.586. The molecule has 256 valence electrons. The highest BCUT2D eigenvalue weighted by atomic mass is 29.3. The van der Waals surface area contributed by atoms with Gasteiger partial charge in [0.25, 0.3) is 0 Å². The third kappa shape index (κ3) is 9.36. The Hall–Kier alpha value is -2.34. The van der Waals surface area contributed by atoms with E-state index in [9.17, 15) is 48.3 Å². The van der Waals surface area contributed by atoms with Gasteiger partial charge in [-0.25, -0.2) is 4.39 Å². The second kappa shape index (κ2) is 14.6. The maximum Gasteiger partial charge on any atom is 0.460 e. The summed E-state index contributed by atoms with van der Waals surface area (Å²) in [5, 5.41) is 0. The van der Waals surface area contributed by atoms with Crippen LogP contribution in [0.4, 0.5) is 48.3 Å². The molecule has 0 aliphatic carbocycles. The molecule has 0 aliphatic rings. The highest BCUT2D eigenvalue weighted by Crippen LogP contribution is 2.54. The molecule has 2 rings (SSSR count). The molecule has 0 amide bonds. The molecule has 45 heavy (non-hydrogen) atoms. The quantitative estimate of drug-likeness (QED) is 0.0935. The summed E-state index contributed by atoms with van der Waals surface area (Å²) in [5.41, 5.74) is 0.168. The minimum Gasteiger partial charge on any atom is -0.494 e. The summed E-state index contributed by atoms with van der Waals surface area (Å²) in [5.74, 6) is -22.2. The molecule has 0 atom stereocenters. The smallest absolute Gasteiger partial charge is 0.460 e. The van der Waals surface area contributed by atoms with E-state index in [1.807, 2.05) is 0 Å². The molecule has 0 aromatic heterocycles. The van der Waals surface area contributed by atoms with Crippen molar-refractivity contribution in [3.8, 4) is 22.6 Å². The van der Waals surface area contributed by atoms with Gasteiger partial charge >= 0.3 is 23.9 Å². The van der Waals surface area contributed by atoms with Gasteiger partial charge in [0.05, 0.1) is 20.8 Å². The van der Waals surface area contributed by atoms with E-state index in [-0.39, 0.29) is 5.56 Å². The first-order chi connectivity index (χ1) is 20.5. The van der Waals surface area contributed by atoms with Crippen LogP contribution in [-0.4, -0.2) is 59.2 Å². The number of unbranched alkanes of at least 4 members (excludes halogenated alkanes) is 2. The number of hydrogen-bond acceptors (Lipinski definition) is 3. The van der Waals surface area contributed by atoms with Crippen LogP contribution in [0.5, 0.6) is 11.5 Å². The Balaban J connectivity index is 1.86. The normalized spacial score (nSPS) is 13.7. The van der Waals surface area contributed by atoms with Gasteiger partial charge in [-0.1, -0.05) is 31.8 Å². The molecule has 2 aromatic rings. The Morgan fingerprint density at radius 1 is 0.600 bits per heavy atom. The van der Waals surface area contributed by atoms with E-state index in [4.69, 9.17) is 13.9 Å². The van der Waals surface area contributed by atoms with Gasteiger partial charge in [-0.15, -0.1) is 0 Å². The Labute approximate surface area is 257 Å². The molecule has 0 saturated carbocycles. The van der Waals surface area contributed by atoms with Crippen LogP contribution < -0.4 is 9.47 Å². The van der Waals surface area contributed by atoms with Gasteiger partial charge in [-0.3, -0.25) is 0 Å². The van der Waals surface area contributed by atoms with E-state index in [1.165, 1.54) is 18.2 Å². The summed E-state index contributed by atoms with van der Waals surface area (Å²) in [6.45, 7) is 11.8. The number of halogens is 11. The van der Waals surface area contributed by atoms with Gasteiger partial charge in [-0.2, -0.15) is 43.9 Å². The van der Waals surface area contributed by atoms with E-state index in [1.54, 1.807) is 12.1 Å². The molecule has 0 spiro atoms. The van der Waals surface area contributed by atoms with Gasteiger partial charge in [0.2, 0.25) is 5.82 Å². The van der Waals surface area contributed by atoms with Crippen LogP contribution in [0.15, 0.2) is 36.4 Å². The van der Waals surface area contributed by atoms with Crippen LogP contribution in [0.2, 0.25) is 32.7 Å². The zero-order chi connectivity index (χ0) is 34.5.